The summed E-state index contributed by atoms with van der Waals surface area (Å²) < 4.78 is 7.46. The summed E-state index contributed by atoms with van der Waals surface area (Å²) >= 11 is 0. The fourth-order valence-electron chi connectivity index (χ4n) is 2.57. The monoisotopic (exact) mass is 465 g/mol. The maximum absolute atomic E-state index is 5.33. The summed E-state index contributed by atoms with van der Waals surface area (Å²) in [6, 6.07) is 14.2. The maximum atomic E-state index is 5.33. The van der Waals surface area contributed by atoms with Gasteiger partial charge in [-0.05, 0) is 17.7 Å². The second-order valence-electron chi connectivity index (χ2n) is 5.64. The number of nitrogens with zero attached hydrogens (tertiary/aromatic N) is 3. The molecule has 0 radical (unpaired) electrons. The Labute approximate surface area is 170 Å². The number of hydrogen-bond acceptors (Lipinski definition) is 3. The Morgan fingerprint density at radius 3 is 2.73 bits per heavy atom. The summed E-state index contributed by atoms with van der Waals surface area (Å²) in [5.41, 5.74) is 1.25. The van der Waals surface area contributed by atoms with Crippen LogP contribution in [0.2, 0.25) is 0 Å². The molecule has 1 aromatic carbocycles. The van der Waals surface area contributed by atoms with E-state index in [1.165, 1.54) is 5.56 Å². The molecule has 0 saturated carbocycles. The quantitative estimate of drug-likeness (QED) is 0.320. The van der Waals surface area contributed by atoms with E-state index in [9.17, 15) is 0 Å². The van der Waals surface area contributed by atoms with Crippen LogP contribution in [0.1, 0.15) is 17.1 Å². The zero-order chi connectivity index (χ0) is 17.3. The van der Waals surface area contributed by atoms with Gasteiger partial charge < -0.3 is 19.6 Å². The lowest BCUT2D eigenvalue weighted by Crippen LogP contribution is -2.38. The van der Waals surface area contributed by atoms with Crippen molar-refractivity contribution in [3.63, 3.8) is 0 Å². The number of furan rings is 1. The summed E-state index contributed by atoms with van der Waals surface area (Å²) in [6.45, 7) is 2.17. The molecule has 138 valence electrons. The van der Waals surface area contributed by atoms with Crippen molar-refractivity contribution in [2.24, 2.45) is 4.99 Å². The van der Waals surface area contributed by atoms with E-state index in [-0.39, 0.29) is 24.0 Å². The van der Waals surface area contributed by atoms with Crippen LogP contribution in [0.5, 0.6) is 0 Å². The van der Waals surface area contributed by atoms with Crippen LogP contribution in [-0.2, 0) is 19.5 Å². The smallest absolute Gasteiger partial charge is 0.191 e. The van der Waals surface area contributed by atoms with E-state index in [1.54, 1.807) is 13.3 Å². The van der Waals surface area contributed by atoms with Crippen LogP contribution in [0.15, 0.2) is 70.5 Å². The third kappa shape index (κ3) is 5.91. The van der Waals surface area contributed by atoms with Crippen LogP contribution in [0.3, 0.4) is 0 Å². The number of rotatable bonds is 7. The van der Waals surface area contributed by atoms with E-state index in [4.69, 9.17) is 4.42 Å². The minimum Gasteiger partial charge on any atom is -0.469 e. The van der Waals surface area contributed by atoms with Gasteiger partial charge in [0.15, 0.2) is 5.96 Å². The third-order valence-corrected chi connectivity index (χ3v) is 3.88. The first kappa shape index (κ1) is 20.0. The molecule has 2 N–H and O–H groups in total. The summed E-state index contributed by atoms with van der Waals surface area (Å²) in [7, 11) is 1.76. The van der Waals surface area contributed by atoms with Gasteiger partial charge in [-0.2, -0.15) is 0 Å². The molecule has 0 unspecified atom stereocenters. The van der Waals surface area contributed by atoms with Crippen LogP contribution in [-0.4, -0.2) is 29.1 Å². The fraction of sp³-hybridized carbons (Fsp3) is 0.263. The Hall–Kier alpha value is -2.29. The maximum Gasteiger partial charge on any atom is 0.191 e. The minimum absolute atomic E-state index is 0. The molecule has 26 heavy (non-hydrogen) atoms. The van der Waals surface area contributed by atoms with Gasteiger partial charge in [-0.3, -0.25) is 4.99 Å². The van der Waals surface area contributed by atoms with Crippen LogP contribution in [0.25, 0.3) is 0 Å². The van der Waals surface area contributed by atoms with Gasteiger partial charge in [-0.25, -0.2) is 4.98 Å². The number of nitrogens with one attached hydrogen (secondary N) is 2. The number of guanidine groups is 1. The highest BCUT2D eigenvalue weighted by atomic mass is 127. The molecule has 0 amide bonds. The molecule has 2 aromatic heterocycles. The van der Waals surface area contributed by atoms with Gasteiger partial charge >= 0.3 is 0 Å². The predicted molar refractivity (Wildman–Crippen MR) is 114 cm³/mol. The normalized spacial score (nSPS) is 11.0. The van der Waals surface area contributed by atoms with Gasteiger partial charge in [0.05, 0.1) is 12.8 Å². The highest BCUT2D eigenvalue weighted by Gasteiger charge is 2.05. The summed E-state index contributed by atoms with van der Waals surface area (Å²) in [4.78, 5) is 8.69. The molecule has 7 heteroatoms. The largest absolute Gasteiger partial charge is 0.469 e. The van der Waals surface area contributed by atoms with Crippen molar-refractivity contribution in [1.82, 2.24) is 20.2 Å². The number of aliphatic imine (C=N–C) groups is 1. The van der Waals surface area contributed by atoms with Gasteiger partial charge in [0, 0.05) is 39.0 Å². The average molecular weight is 465 g/mol. The molecule has 2 heterocycles. The molecular weight excluding hydrogens is 441 g/mol. The highest BCUT2D eigenvalue weighted by Crippen LogP contribution is 2.05. The molecule has 0 aliphatic carbocycles. The van der Waals surface area contributed by atoms with Gasteiger partial charge in [0.25, 0.3) is 0 Å². The van der Waals surface area contributed by atoms with E-state index < -0.39 is 0 Å². The van der Waals surface area contributed by atoms with Crippen molar-refractivity contribution < 1.29 is 4.42 Å². The summed E-state index contributed by atoms with van der Waals surface area (Å²) in [6.07, 6.45) is 6.33. The van der Waals surface area contributed by atoms with Crippen LogP contribution in [0, 0.1) is 0 Å². The lowest BCUT2D eigenvalue weighted by atomic mass is 10.2. The fourth-order valence-corrected chi connectivity index (χ4v) is 2.57. The molecule has 0 fully saturated rings. The van der Waals surface area contributed by atoms with Crippen LogP contribution in [0.4, 0.5) is 0 Å². The Kier molecular flexibility index (Phi) is 8.20. The summed E-state index contributed by atoms with van der Waals surface area (Å²) in [5, 5.41) is 6.58. The second-order valence-corrected chi connectivity index (χ2v) is 5.64. The Balaban J connectivity index is 0.00000243. The van der Waals surface area contributed by atoms with E-state index in [0.29, 0.717) is 6.54 Å². The SMILES string of the molecule is CN=C(NCCc1ccco1)NCc1nccn1Cc1ccccc1.I. The zero-order valence-corrected chi connectivity index (χ0v) is 17.1. The second kappa shape index (κ2) is 10.6. The first-order valence-corrected chi connectivity index (χ1v) is 8.36. The number of halogens is 1. The lowest BCUT2D eigenvalue weighted by Gasteiger charge is -2.12. The Morgan fingerprint density at radius 1 is 1.15 bits per heavy atom. The Bertz CT molecular complexity index is 783. The number of aromatic nitrogens is 2. The number of hydrogen-bond donors (Lipinski definition) is 2. The van der Waals surface area contributed by atoms with Crippen molar-refractivity contribution in [2.45, 2.75) is 19.5 Å². The van der Waals surface area contributed by atoms with Crippen LogP contribution >= 0.6 is 24.0 Å². The van der Waals surface area contributed by atoms with Gasteiger partial charge in [-0.15, -0.1) is 24.0 Å². The first-order chi connectivity index (χ1) is 12.3. The molecule has 0 saturated heterocycles. The molecule has 6 nitrogen and oxygen atoms in total. The van der Waals surface area contributed by atoms with Crippen LogP contribution < -0.4 is 10.6 Å². The lowest BCUT2D eigenvalue weighted by molar-refractivity contribution is 0.506. The molecule has 0 aliphatic heterocycles. The summed E-state index contributed by atoms with van der Waals surface area (Å²) in [5.74, 6) is 2.68. The van der Waals surface area contributed by atoms with Crippen molar-refractivity contribution in [1.29, 1.82) is 0 Å². The molecule has 0 aliphatic rings. The molecule has 3 aromatic rings. The number of imidazole rings is 1. The molecule has 0 bridgehead atoms. The van der Waals surface area contributed by atoms with E-state index >= 15 is 0 Å². The zero-order valence-electron chi connectivity index (χ0n) is 14.8. The topological polar surface area (TPSA) is 67.4 Å². The van der Waals surface area contributed by atoms with Gasteiger partial charge in [-0.1, -0.05) is 30.3 Å². The van der Waals surface area contributed by atoms with E-state index in [0.717, 1.165) is 37.1 Å². The van der Waals surface area contributed by atoms with E-state index in [2.05, 4.69) is 49.4 Å². The molecule has 0 spiro atoms. The Morgan fingerprint density at radius 2 is 2.00 bits per heavy atom. The molecule has 0 atom stereocenters. The van der Waals surface area contributed by atoms with Crippen molar-refractivity contribution in [3.05, 3.63) is 78.3 Å². The van der Waals surface area contributed by atoms with Crippen molar-refractivity contribution in [3.8, 4) is 0 Å². The van der Waals surface area contributed by atoms with Gasteiger partial charge in [0.2, 0.25) is 0 Å². The standard InChI is InChI=1S/C19H23N5O.HI/c1-20-19(22-10-9-17-8-5-13-25-17)23-14-18-21-11-12-24(18)15-16-6-3-2-4-7-16;/h2-8,11-13H,9-10,14-15H2,1H3,(H2,20,22,23);1H. The molecular formula is C19H24IN5O. The highest BCUT2D eigenvalue weighted by molar-refractivity contribution is 14.0. The number of benzene rings is 1. The average Bonchev–Trinajstić information content (AvgIpc) is 3.31. The van der Waals surface area contributed by atoms with Crippen molar-refractivity contribution >= 4 is 29.9 Å². The first-order valence-electron chi connectivity index (χ1n) is 8.36. The predicted octanol–water partition coefficient (Wildman–Crippen LogP) is 3.05. The van der Waals surface area contributed by atoms with Gasteiger partial charge in [0.1, 0.15) is 11.6 Å². The van der Waals surface area contributed by atoms with E-state index in [1.807, 2.05) is 30.6 Å². The third-order valence-electron chi connectivity index (χ3n) is 3.88. The molecule has 3 rings (SSSR count). The van der Waals surface area contributed by atoms with Crippen molar-refractivity contribution in [2.75, 3.05) is 13.6 Å². The minimum atomic E-state index is 0.